The topological polar surface area (TPSA) is 63.6 Å². The minimum absolute atomic E-state index is 0.116. The molecule has 0 aromatic carbocycles. The molecule has 2 aromatic rings. The molecule has 0 aliphatic carbocycles. The number of nitrogens with one attached hydrogen (secondary N) is 1. The van der Waals surface area contributed by atoms with Gasteiger partial charge in [-0.15, -0.1) is 0 Å². The summed E-state index contributed by atoms with van der Waals surface area (Å²) in [6, 6.07) is 1.48. The highest BCUT2D eigenvalue weighted by atomic mass is 32.2. The summed E-state index contributed by atoms with van der Waals surface area (Å²) in [6.07, 6.45) is 3.64. The molecule has 0 bridgehead atoms. The van der Waals surface area contributed by atoms with Gasteiger partial charge >= 0.3 is 0 Å². The molecule has 2 heterocycles. The van der Waals surface area contributed by atoms with Crippen molar-refractivity contribution in [1.29, 1.82) is 0 Å². The first-order chi connectivity index (χ1) is 7.65. The number of nitrogens with zero attached hydrogens (tertiary/aromatic N) is 3. The van der Waals surface area contributed by atoms with Gasteiger partial charge in [0.15, 0.2) is 5.16 Å². The number of aromatic amines is 1. The molecule has 0 radical (unpaired) electrons. The maximum Gasteiger partial charge on any atom is 0.251 e. The smallest absolute Gasteiger partial charge is 0.251 e. The largest absolute Gasteiger partial charge is 0.337 e. The number of aryl methyl sites for hydroxylation is 2. The summed E-state index contributed by atoms with van der Waals surface area (Å²) >= 11 is 1.47. The molecular formula is C10H12N4OS. The molecule has 0 spiro atoms. The third kappa shape index (κ3) is 2.52. The van der Waals surface area contributed by atoms with Crippen LogP contribution in [0.25, 0.3) is 0 Å². The van der Waals surface area contributed by atoms with Gasteiger partial charge in [-0.05, 0) is 6.92 Å². The van der Waals surface area contributed by atoms with Gasteiger partial charge in [0.25, 0.3) is 5.56 Å². The Bertz CT molecular complexity index is 546. The monoisotopic (exact) mass is 236 g/mol. The Labute approximate surface area is 96.9 Å². The van der Waals surface area contributed by atoms with Crippen molar-refractivity contribution in [3.63, 3.8) is 0 Å². The van der Waals surface area contributed by atoms with Gasteiger partial charge in [0, 0.05) is 31.2 Å². The Balaban J connectivity index is 2.10. The summed E-state index contributed by atoms with van der Waals surface area (Å²) in [5.41, 5.74) is 0.612. The first-order valence-electron chi connectivity index (χ1n) is 4.82. The highest BCUT2D eigenvalue weighted by Crippen LogP contribution is 2.16. The van der Waals surface area contributed by atoms with Crippen LogP contribution in [0.2, 0.25) is 0 Å². The second-order valence-corrected chi connectivity index (χ2v) is 4.40. The number of H-pyrrole nitrogens is 1. The molecule has 1 N–H and O–H groups in total. The standard InChI is InChI=1S/C10H12N4OS/c1-7-5-9(15)13-10(12-7)16-6-8-11-3-4-14(8)2/h3-5H,6H2,1-2H3,(H,12,13,15). The minimum Gasteiger partial charge on any atom is -0.337 e. The van der Waals surface area contributed by atoms with Crippen LogP contribution in [0.5, 0.6) is 0 Å². The van der Waals surface area contributed by atoms with Crippen LogP contribution < -0.4 is 5.56 Å². The Morgan fingerprint density at radius 3 is 3.00 bits per heavy atom. The molecule has 0 amide bonds. The van der Waals surface area contributed by atoms with Crippen molar-refractivity contribution in [3.05, 3.63) is 40.3 Å². The second kappa shape index (κ2) is 4.52. The van der Waals surface area contributed by atoms with Crippen LogP contribution >= 0.6 is 11.8 Å². The molecule has 0 saturated heterocycles. The van der Waals surface area contributed by atoms with Crippen LogP contribution in [-0.4, -0.2) is 19.5 Å². The normalized spacial score (nSPS) is 10.6. The van der Waals surface area contributed by atoms with E-state index in [-0.39, 0.29) is 5.56 Å². The van der Waals surface area contributed by atoms with Crippen molar-refractivity contribution >= 4 is 11.8 Å². The Morgan fingerprint density at radius 1 is 1.56 bits per heavy atom. The van der Waals surface area contributed by atoms with Crippen LogP contribution in [-0.2, 0) is 12.8 Å². The van der Waals surface area contributed by atoms with Gasteiger partial charge < -0.3 is 9.55 Å². The number of rotatable bonds is 3. The first-order valence-corrected chi connectivity index (χ1v) is 5.80. The third-order valence-corrected chi connectivity index (χ3v) is 2.98. The molecule has 6 heteroatoms. The van der Waals surface area contributed by atoms with E-state index in [1.165, 1.54) is 17.8 Å². The zero-order valence-electron chi connectivity index (χ0n) is 9.10. The fraction of sp³-hybridized carbons (Fsp3) is 0.300. The molecule has 2 aromatic heterocycles. The van der Waals surface area contributed by atoms with E-state index in [9.17, 15) is 4.79 Å². The average Bonchev–Trinajstić information content (AvgIpc) is 2.59. The van der Waals surface area contributed by atoms with Gasteiger partial charge in [-0.2, -0.15) is 0 Å². The molecule has 0 atom stereocenters. The van der Waals surface area contributed by atoms with Crippen molar-refractivity contribution in [2.45, 2.75) is 17.8 Å². The first kappa shape index (κ1) is 10.9. The zero-order chi connectivity index (χ0) is 11.5. The summed E-state index contributed by atoms with van der Waals surface area (Å²) in [4.78, 5) is 22.3. The van der Waals surface area contributed by atoms with E-state index >= 15 is 0 Å². The number of hydrogen-bond acceptors (Lipinski definition) is 4. The van der Waals surface area contributed by atoms with Gasteiger partial charge in [-0.1, -0.05) is 11.8 Å². The summed E-state index contributed by atoms with van der Waals surface area (Å²) in [6.45, 7) is 1.81. The molecule has 2 rings (SSSR count). The highest BCUT2D eigenvalue weighted by Gasteiger charge is 2.03. The van der Waals surface area contributed by atoms with E-state index in [2.05, 4.69) is 15.0 Å². The number of thioether (sulfide) groups is 1. The fourth-order valence-corrected chi connectivity index (χ4v) is 2.21. The lowest BCUT2D eigenvalue weighted by Crippen LogP contribution is -2.08. The van der Waals surface area contributed by atoms with E-state index in [1.54, 1.807) is 13.1 Å². The van der Waals surface area contributed by atoms with Gasteiger partial charge in [0.05, 0.1) is 5.75 Å². The molecule has 0 fully saturated rings. The van der Waals surface area contributed by atoms with Crippen LogP contribution in [0.4, 0.5) is 0 Å². The molecule has 5 nitrogen and oxygen atoms in total. The molecular weight excluding hydrogens is 224 g/mol. The Hall–Kier alpha value is -1.56. The summed E-state index contributed by atoms with van der Waals surface area (Å²) in [5.74, 6) is 1.64. The molecule has 0 saturated carbocycles. The quantitative estimate of drug-likeness (QED) is 0.640. The summed E-state index contributed by atoms with van der Waals surface area (Å²) in [5, 5.41) is 0.632. The average molecular weight is 236 g/mol. The predicted octanol–water partition coefficient (Wildman–Crippen LogP) is 1.10. The summed E-state index contributed by atoms with van der Waals surface area (Å²) in [7, 11) is 1.94. The summed E-state index contributed by atoms with van der Waals surface area (Å²) < 4.78 is 1.95. The lowest BCUT2D eigenvalue weighted by atomic mass is 10.5. The van der Waals surface area contributed by atoms with Crippen molar-refractivity contribution in [2.24, 2.45) is 7.05 Å². The highest BCUT2D eigenvalue weighted by molar-refractivity contribution is 7.98. The lowest BCUT2D eigenvalue weighted by Gasteiger charge is -2.01. The Kier molecular flexibility index (Phi) is 3.09. The number of aromatic nitrogens is 4. The van der Waals surface area contributed by atoms with Crippen molar-refractivity contribution in [3.8, 4) is 0 Å². The van der Waals surface area contributed by atoms with Crippen molar-refractivity contribution in [2.75, 3.05) is 0 Å². The molecule has 84 valence electrons. The van der Waals surface area contributed by atoms with E-state index < -0.39 is 0 Å². The van der Waals surface area contributed by atoms with Gasteiger partial charge in [-0.3, -0.25) is 4.79 Å². The Morgan fingerprint density at radius 2 is 2.38 bits per heavy atom. The SMILES string of the molecule is Cc1cc(=O)[nH]c(SCc2nccn2C)n1. The molecule has 16 heavy (non-hydrogen) atoms. The third-order valence-electron chi connectivity index (χ3n) is 2.11. The molecule has 0 aliphatic heterocycles. The molecule has 0 unspecified atom stereocenters. The van der Waals surface area contributed by atoms with E-state index in [0.717, 1.165) is 11.5 Å². The van der Waals surface area contributed by atoms with E-state index in [4.69, 9.17) is 0 Å². The zero-order valence-corrected chi connectivity index (χ0v) is 9.91. The lowest BCUT2D eigenvalue weighted by molar-refractivity contribution is 0.844. The van der Waals surface area contributed by atoms with Crippen LogP contribution in [0.3, 0.4) is 0 Å². The van der Waals surface area contributed by atoms with E-state index in [1.807, 2.05) is 17.8 Å². The maximum atomic E-state index is 11.2. The fourth-order valence-electron chi connectivity index (χ4n) is 1.29. The van der Waals surface area contributed by atoms with Crippen molar-refractivity contribution < 1.29 is 0 Å². The van der Waals surface area contributed by atoms with Crippen LogP contribution in [0, 0.1) is 6.92 Å². The van der Waals surface area contributed by atoms with Gasteiger partial charge in [-0.25, -0.2) is 9.97 Å². The maximum absolute atomic E-state index is 11.2. The minimum atomic E-state index is -0.116. The van der Waals surface area contributed by atoms with Crippen LogP contribution in [0.1, 0.15) is 11.5 Å². The number of hydrogen-bond donors (Lipinski definition) is 1. The molecule has 0 aliphatic rings. The van der Waals surface area contributed by atoms with Crippen molar-refractivity contribution in [1.82, 2.24) is 19.5 Å². The van der Waals surface area contributed by atoms with Crippen LogP contribution in [0.15, 0.2) is 28.4 Å². The van der Waals surface area contributed by atoms with E-state index in [0.29, 0.717) is 10.9 Å². The second-order valence-electron chi connectivity index (χ2n) is 3.43. The van der Waals surface area contributed by atoms with Gasteiger partial charge in [0.1, 0.15) is 5.82 Å². The van der Waals surface area contributed by atoms with Gasteiger partial charge in [0.2, 0.25) is 0 Å². The predicted molar refractivity (Wildman–Crippen MR) is 62.4 cm³/mol. The number of imidazole rings is 1.